The predicted molar refractivity (Wildman–Crippen MR) is 27.9 cm³/mol. The quantitative estimate of drug-likeness (QED) is 0.471. The minimum absolute atomic E-state index is 0.177. The molecule has 0 saturated heterocycles. The maximum absolute atomic E-state index is 5.30. The molecule has 2 rings (SSSR count). The summed E-state index contributed by atoms with van der Waals surface area (Å²) >= 11 is 0. The minimum atomic E-state index is -0.177. The van der Waals surface area contributed by atoms with E-state index in [0.29, 0.717) is 0 Å². The second-order valence-electron chi connectivity index (χ2n) is 2.36. The van der Waals surface area contributed by atoms with Gasteiger partial charge in [0.05, 0.1) is 0 Å². The Kier molecular flexibility index (Phi) is 0.539. The fraction of sp³-hybridized carbons (Fsp3) is 0.667. The van der Waals surface area contributed by atoms with Crippen molar-refractivity contribution >= 4 is 0 Å². The van der Waals surface area contributed by atoms with Crippen molar-refractivity contribution < 1.29 is 9.47 Å². The van der Waals surface area contributed by atoms with E-state index < -0.39 is 0 Å². The van der Waals surface area contributed by atoms with Crippen LogP contribution in [0, 0.1) is 0 Å². The van der Waals surface area contributed by atoms with Gasteiger partial charge in [-0.05, 0) is 6.92 Å². The van der Waals surface area contributed by atoms with Gasteiger partial charge < -0.3 is 9.47 Å². The third-order valence-corrected chi connectivity index (χ3v) is 1.44. The highest BCUT2D eigenvalue weighted by Gasteiger charge is 2.50. The van der Waals surface area contributed by atoms with E-state index >= 15 is 0 Å². The van der Waals surface area contributed by atoms with Crippen molar-refractivity contribution in [3.63, 3.8) is 0 Å². The Morgan fingerprint density at radius 2 is 2.38 bits per heavy atom. The number of hydrogen-bond acceptors (Lipinski definition) is 2. The smallest absolute Gasteiger partial charge is 0.250 e. The maximum Gasteiger partial charge on any atom is 0.250 e. The van der Waals surface area contributed by atoms with Crippen LogP contribution in [0.1, 0.15) is 19.8 Å². The van der Waals surface area contributed by atoms with Gasteiger partial charge in [-0.3, -0.25) is 0 Å². The van der Waals surface area contributed by atoms with Crippen LogP contribution < -0.4 is 0 Å². The molecule has 0 atom stereocenters. The van der Waals surface area contributed by atoms with Gasteiger partial charge in [0.1, 0.15) is 12.0 Å². The van der Waals surface area contributed by atoms with Gasteiger partial charge in [0.15, 0.2) is 0 Å². The van der Waals surface area contributed by atoms with Crippen molar-refractivity contribution in [3.05, 3.63) is 12.0 Å². The van der Waals surface area contributed by atoms with Crippen molar-refractivity contribution in [1.29, 1.82) is 0 Å². The fourth-order valence-corrected chi connectivity index (χ4v) is 0.854. The van der Waals surface area contributed by atoms with Gasteiger partial charge in [-0.2, -0.15) is 0 Å². The first kappa shape index (κ1) is 4.24. The average molecular weight is 112 g/mol. The van der Waals surface area contributed by atoms with E-state index in [1.54, 1.807) is 6.26 Å². The third-order valence-electron chi connectivity index (χ3n) is 1.44. The third kappa shape index (κ3) is 0.427. The van der Waals surface area contributed by atoms with Crippen molar-refractivity contribution in [2.24, 2.45) is 0 Å². The van der Waals surface area contributed by atoms with Crippen LogP contribution in [0.4, 0.5) is 0 Å². The van der Waals surface area contributed by atoms with Crippen molar-refractivity contribution in [2.75, 3.05) is 0 Å². The van der Waals surface area contributed by atoms with Crippen LogP contribution in [0.25, 0.3) is 0 Å². The summed E-state index contributed by atoms with van der Waals surface area (Å²) in [4.78, 5) is 0. The molecule has 2 heteroatoms. The molecule has 1 aliphatic heterocycles. The SMILES string of the molecule is CC1=COC2(CC2)O1. The van der Waals surface area contributed by atoms with E-state index in [1.807, 2.05) is 6.92 Å². The molecule has 1 heterocycles. The molecule has 0 aromatic rings. The molecule has 1 spiro atoms. The maximum atomic E-state index is 5.30. The van der Waals surface area contributed by atoms with Crippen LogP contribution in [0.3, 0.4) is 0 Å². The first-order valence-corrected chi connectivity index (χ1v) is 2.84. The summed E-state index contributed by atoms with van der Waals surface area (Å²) in [6.07, 6.45) is 3.80. The Hall–Kier alpha value is -0.660. The standard InChI is InChI=1S/C6H8O2/c1-5-4-7-6(8-5)2-3-6/h4H,2-3H2,1H3. The van der Waals surface area contributed by atoms with Gasteiger partial charge in [0.2, 0.25) is 0 Å². The average Bonchev–Trinajstić information content (AvgIpc) is 2.34. The molecule has 0 aromatic heterocycles. The summed E-state index contributed by atoms with van der Waals surface area (Å²) in [5.41, 5.74) is 0. The zero-order chi connectivity index (χ0) is 5.61. The largest absolute Gasteiger partial charge is 0.456 e. The number of ether oxygens (including phenoxy) is 2. The molecule has 0 aromatic carbocycles. The van der Waals surface area contributed by atoms with Crippen LogP contribution in [-0.4, -0.2) is 5.79 Å². The van der Waals surface area contributed by atoms with E-state index in [9.17, 15) is 0 Å². The normalized spacial score (nSPS) is 28.9. The van der Waals surface area contributed by atoms with Gasteiger partial charge in [0.25, 0.3) is 5.79 Å². The molecule has 0 unspecified atom stereocenters. The molecule has 2 nitrogen and oxygen atoms in total. The molecule has 8 heavy (non-hydrogen) atoms. The zero-order valence-corrected chi connectivity index (χ0v) is 4.81. The van der Waals surface area contributed by atoms with E-state index in [-0.39, 0.29) is 5.79 Å². The van der Waals surface area contributed by atoms with Crippen molar-refractivity contribution in [3.8, 4) is 0 Å². The Morgan fingerprint density at radius 1 is 1.62 bits per heavy atom. The van der Waals surface area contributed by atoms with Crippen LogP contribution in [0.5, 0.6) is 0 Å². The predicted octanol–water partition coefficient (Wildman–Crippen LogP) is 1.38. The van der Waals surface area contributed by atoms with E-state index in [0.717, 1.165) is 18.6 Å². The Bertz CT molecular complexity index is 145. The van der Waals surface area contributed by atoms with Crippen LogP contribution in [0.2, 0.25) is 0 Å². The second-order valence-corrected chi connectivity index (χ2v) is 2.36. The first-order valence-electron chi connectivity index (χ1n) is 2.84. The molecular weight excluding hydrogens is 104 g/mol. The van der Waals surface area contributed by atoms with Gasteiger partial charge in [-0.1, -0.05) is 0 Å². The van der Waals surface area contributed by atoms with Crippen LogP contribution >= 0.6 is 0 Å². The lowest BCUT2D eigenvalue weighted by molar-refractivity contribution is -0.0575. The molecule has 44 valence electrons. The monoisotopic (exact) mass is 112 g/mol. The fourth-order valence-electron chi connectivity index (χ4n) is 0.854. The second kappa shape index (κ2) is 1.02. The lowest BCUT2D eigenvalue weighted by Gasteiger charge is -2.05. The topological polar surface area (TPSA) is 18.5 Å². The summed E-state index contributed by atoms with van der Waals surface area (Å²) in [6, 6.07) is 0. The van der Waals surface area contributed by atoms with Gasteiger partial charge in [-0.25, -0.2) is 0 Å². The molecule has 2 aliphatic rings. The minimum Gasteiger partial charge on any atom is -0.456 e. The molecule has 0 radical (unpaired) electrons. The summed E-state index contributed by atoms with van der Waals surface area (Å²) in [5.74, 6) is 0.729. The zero-order valence-electron chi connectivity index (χ0n) is 4.81. The molecular formula is C6H8O2. The number of rotatable bonds is 0. The summed E-state index contributed by atoms with van der Waals surface area (Å²) < 4.78 is 10.5. The highest BCUT2D eigenvalue weighted by atomic mass is 16.7. The van der Waals surface area contributed by atoms with Crippen molar-refractivity contribution in [1.82, 2.24) is 0 Å². The Labute approximate surface area is 48.1 Å². The van der Waals surface area contributed by atoms with E-state index in [4.69, 9.17) is 9.47 Å². The highest BCUT2D eigenvalue weighted by molar-refractivity contribution is 5.01. The van der Waals surface area contributed by atoms with E-state index in [1.165, 1.54) is 0 Å². The number of hydrogen-bond donors (Lipinski definition) is 0. The molecule has 1 saturated carbocycles. The first-order chi connectivity index (χ1) is 3.81. The molecule has 0 amide bonds. The Morgan fingerprint density at radius 3 is 2.62 bits per heavy atom. The van der Waals surface area contributed by atoms with Gasteiger partial charge in [-0.15, -0.1) is 0 Å². The molecule has 1 fully saturated rings. The Balaban J connectivity index is 2.12. The lowest BCUT2D eigenvalue weighted by Crippen LogP contribution is -2.06. The van der Waals surface area contributed by atoms with Crippen molar-refractivity contribution in [2.45, 2.75) is 25.6 Å². The lowest BCUT2D eigenvalue weighted by atomic mass is 10.6. The van der Waals surface area contributed by atoms with Gasteiger partial charge >= 0.3 is 0 Å². The number of allylic oxidation sites excluding steroid dienone is 1. The summed E-state index contributed by atoms with van der Waals surface area (Å²) in [5, 5.41) is 0. The van der Waals surface area contributed by atoms with Crippen LogP contribution in [-0.2, 0) is 9.47 Å². The van der Waals surface area contributed by atoms with E-state index in [2.05, 4.69) is 0 Å². The molecule has 0 N–H and O–H groups in total. The summed E-state index contributed by atoms with van der Waals surface area (Å²) in [6.45, 7) is 1.91. The highest BCUT2D eigenvalue weighted by Crippen LogP contribution is 2.45. The summed E-state index contributed by atoms with van der Waals surface area (Å²) in [7, 11) is 0. The molecule has 1 aliphatic carbocycles. The van der Waals surface area contributed by atoms with Crippen LogP contribution in [0.15, 0.2) is 12.0 Å². The van der Waals surface area contributed by atoms with Gasteiger partial charge in [0, 0.05) is 12.8 Å². The molecule has 0 bridgehead atoms.